The number of halogens is 1. The van der Waals surface area contributed by atoms with E-state index in [1.54, 1.807) is 19.1 Å². The predicted octanol–water partition coefficient (Wildman–Crippen LogP) is 3.86. The second kappa shape index (κ2) is 9.56. The molecule has 1 amide bonds. The number of amides is 1. The topological polar surface area (TPSA) is 64.6 Å². The van der Waals surface area contributed by atoms with Crippen LogP contribution in [0.25, 0.3) is 0 Å². The van der Waals surface area contributed by atoms with Gasteiger partial charge in [-0.15, -0.1) is 0 Å². The Kier molecular flexibility index (Phi) is 7.14. The van der Waals surface area contributed by atoms with Crippen LogP contribution in [0.5, 0.6) is 5.75 Å². The first kappa shape index (κ1) is 19.4. The zero-order valence-corrected chi connectivity index (χ0v) is 14.8. The molecule has 0 aliphatic carbocycles. The van der Waals surface area contributed by atoms with Crippen molar-refractivity contribution in [2.45, 2.75) is 32.8 Å². The normalized spacial score (nSPS) is 11.5. The Morgan fingerprint density at radius 2 is 1.88 bits per heavy atom. The molecule has 0 aliphatic heterocycles. The molecule has 2 aromatic rings. The summed E-state index contributed by atoms with van der Waals surface area (Å²) in [4.78, 5) is 23.8. The van der Waals surface area contributed by atoms with Crippen molar-refractivity contribution in [2.75, 3.05) is 11.9 Å². The third-order valence-corrected chi connectivity index (χ3v) is 3.65. The number of carbonyl (C=O) groups is 2. The number of para-hydroxylation sites is 1. The fourth-order valence-corrected chi connectivity index (χ4v) is 2.15. The minimum absolute atomic E-state index is 0.142. The number of nitrogens with one attached hydrogen (secondary N) is 1. The average molecular weight is 359 g/mol. The molecule has 2 rings (SSSR count). The second-order valence-electron chi connectivity index (χ2n) is 5.85. The Labute approximate surface area is 152 Å². The van der Waals surface area contributed by atoms with Gasteiger partial charge in [0.1, 0.15) is 11.6 Å². The van der Waals surface area contributed by atoms with E-state index >= 15 is 0 Å². The van der Waals surface area contributed by atoms with E-state index in [0.717, 1.165) is 5.75 Å². The summed E-state index contributed by atoms with van der Waals surface area (Å²) < 4.78 is 24.1. The van der Waals surface area contributed by atoms with Crippen LogP contribution in [-0.4, -0.2) is 24.6 Å². The van der Waals surface area contributed by atoms with Crippen LogP contribution in [0, 0.1) is 12.7 Å². The summed E-state index contributed by atoms with van der Waals surface area (Å²) in [5.74, 6) is -0.675. The summed E-state index contributed by atoms with van der Waals surface area (Å²) in [7, 11) is 0. The van der Waals surface area contributed by atoms with Crippen LogP contribution in [0.2, 0.25) is 0 Å². The fourth-order valence-electron chi connectivity index (χ4n) is 2.15. The number of hydrogen-bond donors (Lipinski definition) is 1. The van der Waals surface area contributed by atoms with Gasteiger partial charge in [-0.05, 0) is 50.1 Å². The van der Waals surface area contributed by atoms with Crippen LogP contribution in [0.4, 0.5) is 10.1 Å². The molecule has 2 aromatic carbocycles. The molecule has 6 heteroatoms. The van der Waals surface area contributed by atoms with Gasteiger partial charge in [0.25, 0.3) is 5.91 Å². The largest absolute Gasteiger partial charge is 0.494 e. The van der Waals surface area contributed by atoms with E-state index < -0.39 is 23.8 Å². The van der Waals surface area contributed by atoms with Crippen molar-refractivity contribution < 1.29 is 23.5 Å². The minimum atomic E-state index is -0.970. The maximum atomic E-state index is 13.5. The van der Waals surface area contributed by atoms with Crippen LogP contribution < -0.4 is 10.1 Å². The molecule has 0 radical (unpaired) electrons. The number of anilines is 1. The summed E-state index contributed by atoms with van der Waals surface area (Å²) >= 11 is 0. The summed E-state index contributed by atoms with van der Waals surface area (Å²) in [6, 6.07) is 13.7. The van der Waals surface area contributed by atoms with Gasteiger partial charge in [0.2, 0.25) is 0 Å². The van der Waals surface area contributed by atoms with Gasteiger partial charge in [0, 0.05) is 12.1 Å². The summed E-state index contributed by atoms with van der Waals surface area (Å²) in [6.45, 7) is 3.48. The number of carbonyl (C=O) groups excluding carboxylic acids is 2. The van der Waals surface area contributed by atoms with E-state index in [-0.39, 0.29) is 6.42 Å². The first-order valence-electron chi connectivity index (χ1n) is 8.40. The van der Waals surface area contributed by atoms with Gasteiger partial charge in [-0.1, -0.05) is 24.3 Å². The van der Waals surface area contributed by atoms with Crippen molar-refractivity contribution in [3.05, 3.63) is 59.9 Å². The summed E-state index contributed by atoms with van der Waals surface area (Å²) in [5, 5.41) is 2.52. The molecule has 0 saturated heterocycles. The molecule has 0 aromatic heterocycles. The highest BCUT2D eigenvalue weighted by Crippen LogP contribution is 2.14. The SMILES string of the molecule is Cc1ccc(NC(=O)[C@H](C)OC(=O)CCCOc2ccccc2)cc1F. The number of ether oxygens (including phenoxy) is 2. The third kappa shape index (κ3) is 6.20. The Morgan fingerprint density at radius 3 is 2.58 bits per heavy atom. The predicted molar refractivity (Wildman–Crippen MR) is 96.5 cm³/mol. The van der Waals surface area contributed by atoms with Crippen LogP contribution in [0.15, 0.2) is 48.5 Å². The van der Waals surface area contributed by atoms with Gasteiger partial charge in [-0.3, -0.25) is 9.59 Å². The van der Waals surface area contributed by atoms with Crippen molar-refractivity contribution >= 4 is 17.6 Å². The van der Waals surface area contributed by atoms with E-state index in [2.05, 4.69) is 5.32 Å². The molecule has 0 unspecified atom stereocenters. The van der Waals surface area contributed by atoms with Crippen LogP contribution >= 0.6 is 0 Å². The number of rotatable bonds is 8. The fraction of sp³-hybridized carbons (Fsp3) is 0.300. The van der Waals surface area contributed by atoms with Crippen molar-refractivity contribution in [1.82, 2.24) is 0 Å². The van der Waals surface area contributed by atoms with Crippen molar-refractivity contribution in [3.63, 3.8) is 0 Å². The lowest BCUT2D eigenvalue weighted by molar-refractivity contribution is -0.153. The second-order valence-corrected chi connectivity index (χ2v) is 5.85. The standard InChI is InChI=1S/C20H22FNO4/c1-14-10-11-16(13-18(14)21)22-20(24)15(2)26-19(23)9-6-12-25-17-7-4-3-5-8-17/h3-5,7-8,10-11,13,15H,6,9,12H2,1-2H3,(H,22,24)/t15-/m0/s1. The number of hydrogen-bond acceptors (Lipinski definition) is 4. The lowest BCUT2D eigenvalue weighted by Gasteiger charge is -2.14. The zero-order chi connectivity index (χ0) is 18.9. The maximum Gasteiger partial charge on any atom is 0.306 e. The number of aryl methyl sites for hydroxylation is 1. The Hall–Kier alpha value is -2.89. The molecule has 0 bridgehead atoms. The molecule has 0 fully saturated rings. The van der Waals surface area contributed by atoms with Crippen molar-refractivity contribution in [2.24, 2.45) is 0 Å². The Bertz CT molecular complexity index is 749. The van der Waals surface area contributed by atoms with E-state index in [0.29, 0.717) is 24.3 Å². The van der Waals surface area contributed by atoms with Gasteiger partial charge in [-0.2, -0.15) is 0 Å². The number of esters is 1. The van der Waals surface area contributed by atoms with E-state index in [4.69, 9.17) is 9.47 Å². The van der Waals surface area contributed by atoms with Gasteiger partial charge in [0.15, 0.2) is 6.10 Å². The molecular weight excluding hydrogens is 337 g/mol. The molecule has 0 heterocycles. The molecule has 5 nitrogen and oxygen atoms in total. The lowest BCUT2D eigenvalue weighted by Crippen LogP contribution is -2.30. The van der Waals surface area contributed by atoms with Gasteiger partial charge >= 0.3 is 5.97 Å². The first-order chi connectivity index (χ1) is 12.5. The molecule has 0 aliphatic rings. The van der Waals surface area contributed by atoms with Crippen molar-refractivity contribution in [3.8, 4) is 5.75 Å². The molecule has 26 heavy (non-hydrogen) atoms. The van der Waals surface area contributed by atoms with Gasteiger partial charge in [-0.25, -0.2) is 4.39 Å². The van der Waals surface area contributed by atoms with Crippen molar-refractivity contribution in [1.29, 1.82) is 0 Å². The molecule has 0 spiro atoms. The van der Waals surface area contributed by atoms with Gasteiger partial charge in [0.05, 0.1) is 6.61 Å². The highest BCUT2D eigenvalue weighted by molar-refractivity contribution is 5.95. The molecule has 1 N–H and O–H groups in total. The smallest absolute Gasteiger partial charge is 0.306 e. The lowest BCUT2D eigenvalue weighted by atomic mass is 10.2. The van der Waals surface area contributed by atoms with Crippen LogP contribution in [0.1, 0.15) is 25.3 Å². The average Bonchev–Trinajstić information content (AvgIpc) is 2.62. The maximum absolute atomic E-state index is 13.5. The summed E-state index contributed by atoms with van der Waals surface area (Å²) in [5.41, 5.74) is 0.803. The van der Waals surface area contributed by atoms with Crippen LogP contribution in [0.3, 0.4) is 0 Å². The van der Waals surface area contributed by atoms with Gasteiger partial charge < -0.3 is 14.8 Å². The summed E-state index contributed by atoms with van der Waals surface area (Å²) in [6.07, 6.45) is -0.351. The highest BCUT2D eigenvalue weighted by atomic mass is 19.1. The molecule has 0 saturated carbocycles. The highest BCUT2D eigenvalue weighted by Gasteiger charge is 2.18. The monoisotopic (exact) mass is 359 g/mol. The molecule has 138 valence electrons. The third-order valence-electron chi connectivity index (χ3n) is 3.65. The van der Waals surface area contributed by atoms with E-state index in [9.17, 15) is 14.0 Å². The molecular formula is C20H22FNO4. The van der Waals surface area contributed by atoms with E-state index in [1.807, 2.05) is 30.3 Å². The van der Waals surface area contributed by atoms with E-state index in [1.165, 1.54) is 13.0 Å². The molecule has 1 atom stereocenters. The zero-order valence-electron chi connectivity index (χ0n) is 14.8. The Balaban J connectivity index is 1.70. The first-order valence-corrected chi connectivity index (χ1v) is 8.40. The Morgan fingerprint density at radius 1 is 1.15 bits per heavy atom. The van der Waals surface area contributed by atoms with Crippen LogP contribution in [-0.2, 0) is 14.3 Å². The quantitative estimate of drug-likeness (QED) is 0.574. The number of benzene rings is 2. The minimum Gasteiger partial charge on any atom is -0.494 e.